The van der Waals surface area contributed by atoms with E-state index in [1.807, 2.05) is 0 Å². The molecule has 1 aromatic rings. The van der Waals surface area contributed by atoms with Crippen LogP contribution in [0.15, 0.2) is 12.1 Å². The molecule has 0 aliphatic rings. The number of hydrogen-bond donors (Lipinski definition) is 1. The van der Waals surface area contributed by atoms with Crippen molar-refractivity contribution < 1.29 is 4.74 Å². The second kappa shape index (κ2) is 8.77. The Morgan fingerprint density at radius 1 is 1.10 bits per heavy atom. The van der Waals surface area contributed by atoms with Crippen LogP contribution in [0.3, 0.4) is 0 Å². The summed E-state index contributed by atoms with van der Waals surface area (Å²) < 4.78 is 5.04. The van der Waals surface area contributed by atoms with Gasteiger partial charge in [0, 0.05) is 18.7 Å². The first kappa shape index (κ1) is 18.5. The third-order valence-electron chi connectivity index (χ3n) is 4.20. The molecule has 0 saturated heterocycles. The molecule has 1 rings (SSSR count). The SMILES string of the molecule is COCCNCCC(C)(C)CCc1cc(C)c(C)cc1Cl. The van der Waals surface area contributed by atoms with Gasteiger partial charge in [0.25, 0.3) is 0 Å². The molecule has 0 unspecified atom stereocenters. The minimum atomic E-state index is 0.322. The van der Waals surface area contributed by atoms with Crippen molar-refractivity contribution in [2.45, 2.75) is 47.0 Å². The van der Waals surface area contributed by atoms with Crippen LogP contribution in [-0.2, 0) is 11.2 Å². The molecule has 0 saturated carbocycles. The van der Waals surface area contributed by atoms with Crippen LogP contribution in [-0.4, -0.2) is 26.8 Å². The molecule has 0 aromatic heterocycles. The van der Waals surface area contributed by atoms with Crippen LogP contribution < -0.4 is 5.32 Å². The zero-order chi connectivity index (χ0) is 15.9. The predicted octanol–water partition coefficient (Wildman–Crippen LogP) is 4.54. The van der Waals surface area contributed by atoms with E-state index < -0.39 is 0 Å². The van der Waals surface area contributed by atoms with Crippen LogP contribution in [0.5, 0.6) is 0 Å². The molecule has 0 bridgehead atoms. The fourth-order valence-electron chi connectivity index (χ4n) is 2.36. The third-order valence-corrected chi connectivity index (χ3v) is 4.55. The van der Waals surface area contributed by atoms with Crippen molar-refractivity contribution in [3.8, 4) is 0 Å². The van der Waals surface area contributed by atoms with Crippen LogP contribution in [0.25, 0.3) is 0 Å². The molecule has 0 amide bonds. The van der Waals surface area contributed by atoms with E-state index in [2.05, 4.69) is 45.1 Å². The van der Waals surface area contributed by atoms with Crippen LogP contribution in [0, 0.1) is 19.3 Å². The van der Waals surface area contributed by atoms with Crippen molar-refractivity contribution in [1.29, 1.82) is 0 Å². The zero-order valence-electron chi connectivity index (χ0n) is 14.2. The lowest BCUT2D eigenvalue weighted by molar-refractivity contribution is 0.197. The smallest absolute Gasteiger partial charge is 0.0587 e. The van der Waals surface area contributed by atoms with E-state index in [1.54, 1.807) is 7.11 Å². The molecule has 120 valence electrons. The van der Waals surface area contributed by atoms with Gasteiger partial charge in [0.15, 0.2) is 0 Å². The Morgan fingerprint density at radius 3 is 2.43 bits per heavy atom. The number of aryl methyl sites for hydroxylation is 3. The Morgan fingerprint density at radius 2 is 1.76 bits per heavy atom. The summed E-state index contributed by atoms with van der Waals surface area (Å²) in [5.41, 5.74) is 4.20. The van der Waals surface area contributed by atoms with E-state index in [-0.39, 0.29) is 0 Å². The van der Waals surface area contributed by atoms with E-state index in [9.17, 15) is 0 Å². The van der Waals surface area contributed by atoms with Crippen molar-refractivity contribution in [3.05, 3.63) is 33.8 Å². The van der Waals surface area contributed by atoms with Crippen molar-refractivity contribution in [3.63, 3.8) is 0 Å². The van der Waals surface area contributed by atoms with Gasteiger partial charge >= 0.3 is 0 Å². The number of rotatable bonds is 9. The van der Waals surface area contributed by atoms with E-state index in [0.29, 0.717) is 5.41 Å². The predicted molar refractivity (Wildman–Crippen MR) is 92.4 cm³/mol. The van der Waals surface area contributed by atoms with E-state index >= 15 is 0 Å². The molecular weight excluding hydrogens is 282 g/mol. The molecule has 0 spiro atoms. The summed E-state index contributed by atoms with van der Waals surface area (Å²) in [4.78, 5) is 0. The van der Waals surface area contributed by atoms with Gasteiger partial charge in [-0.1, -0.05) is 31.5 Å². The van der Waals surface area contributed by atoms with Crippen molar-refractivity contribution >= 4 is 11.6 Å². The first-order valence-corrected chi connectivity index (χ1v) is 8.19. The lowest BCUT2D eigenvalue weighted by atomic mass is 9.83. The molecule has 0 aliphatic heterocycles. The maximum atomic E-state index is 6.37. The number of methoxy groups -OCH3 is 1. The minimum absolute atomic E-state index is 0.322. The summed E-state index contributed by atoms with van der Waals surface area (Å²) >= 11 is 6.37. The Bertz CT molecular complexity index is 443. The fraction of sp³-hybridized carbons (Fsp3) is 0.667. The van der Waals surface area contributed by atoms with Crippen LogP contribution in [0.2, 0.25) is 5.02 Å². The van der Waals surface area contributed by atoms with Gasteiger partial charge in [0.05, 0.1) is 6.61 Å². The van der Waals surface area contributed by atoms with Crippen molar-refractivity contribution in [2.75, 3.05) is 26.8 Å². The summed E-state index contributed by atoms with van der Waals surface area (Å²) in [6.45, 7) is 11.7. The van der Waals surface area contributed by atoms with Crippen LogP contribution >= 0.6 is 11.6 Å². The molecular formula is C18H30ClNO. The summed E-state index contributed by atoms with van der Waals surface area (Å²) in [7, 11) is 1.74. The van der Waals surface area contributed by atoms with Gasteiger partial charge in [-0.3, -0.25) is 0 Å². The normalized spacial score (nSPS) is 11.9. The highest BCUT2D eigenvalue weighted by Gasteiger charge is 2.18. The van der Waals surface area contributed by atoms with E-state index in [1.165, 1.54) is 23.1 Å². The molecule has 21 heavy (non-hydrogen) atoms. The second-order valence-electron chi connectivity index (χ2n) is 6.68. The fourth-order valence-corrected chi connectivity index (χ4v) is 2.67. The number of ether oxygens (including phenoxy) is 1. The van der Waals surface area contributed by atoms with Gasteiger partial charge in [-0.15, -0.1) is 0 Å². The lowest BCUT2D eigenvalue weighted by Gasteiger charge is -2.25. The van der Waals surface area contributed by atoms with Gasteiger partial charge in [-0.2, -0.15) is 0 Å². The number of nitrogens with one attached hydrogen (secondary N) is 1. The molecule has 0 heterocycles. The van der Waals surface area contributed by atoms with Gasteiger partial charge in [-0.25, -0.2) is 0 Å². The third kappa shape index (κ3) is 6.82. The van der Waals surface area contributed by atoms with Crippen LogP contribution in [0.4, 0.5) is 0 Å². The van der Waals surface area contributed by atoms with Gasteiger partial charge in [-0.05, 0) is 67.8 Å². The highest BCUT2D eigenvalue weighted by Crippen LogP contribution is 2.29. The Balaban J connectivity index is 2.44. The quantitative estimate of drug-likeness (QED) is 0.676. The Labute approximate surface area is 135 Å². The second-order valence-corrected chi connectivity index (χ2v) is 7.09. The molecule has 0 aliphatic carbocycles. The minimum Gasteiger partial charge on any atom is -0.383 e. The van der Waals surface area contributed by atoms with Gasteiger partial charge in [0.1, 0.15) is 0 Å². The first-order chi connectivity index (χ1) is 9.85. The Hall–Kier alpha value is -0.570. The first-order valence-electron chi connectivity index (χ1n) is 7.81. The molecule has 2 nitrogen and oxygen atoms in total. The van der Waals surface area contributed by atoms with Gasteiger partial charge in [0.2, 0.25) is 0 Å². The molecule has 1 N–H and O–H groups in total. The zero-order valence-corrected chi connectivity index (χ0v) is 14.9. The van der Waals surface area contributed by atoms with Crippen molar-refractivity contribution in [1.82, 2.24) is 5.32 Å². The standard InChI is InChI=1S/C18H30ClNO/c1-14-12-16(17(19)13-15(14)2)6-7-18(3,4)8-9-20-10-11-21-5/h12-13,20H,6-11H2,1-5H3. The topological polar surface area (TPSA) is 21.3 Å². The molecule has 0 fully saturated rings. The summed E-state index contributed by atoms with van der Waals surface area (Å²) in [5, 5.41) is 4.33. The van der Waals surface area contributed by atoms with E-state index in [0.717, 1.165) is 37.6 Å². The van der Waals surface area contributed by atoms with Crippen LogP contribution in [0.1, 0.15) is 43.4 Å². The molecule has 1 aromatic carbocycles. The average molecular weight is 312 g/mol. The monoisotopic (exact) mass is 311 g/mol. The Kier molecular flexibility index (Phi) is 7.72. The van der Waals surface area contributed by atoms with E-state index in [4.69, 9.17) is 16.3 Å². The average Bonchev–Trinajstić information content (AvgIpc) is 2.41. The number of hydrogen-bond acceptors (Lipinski definition) is 2. The summed E-state index contributed by atoms with van der Waals surface area (Å²) in [5.74, 6) is 0. The van der Waals surface area contributed by atoms with Crippen molar-refractivity contribution in [2.24, 2.45) is 5.41 Å². The molecule has 3 heteroatoms. The largest absolute Gasteiger partial charge is 0.383 e. The highest BCUT2D eigenvalue weighted by molar-refractivity contribution is 6.31. The maximum absolute atomic E-state index is 6.37. The lowest BCUT2D eigenvalue weighted by Crippen LogP contribution is -2.25. The van der Waals surface area contributed by atoms with Gasteiger partial charge < -0.3 is 10.1 Å². The molecule has 0 atom stereocenters. The highest BCUT2D eigenvalue weighted by atomic mass is 35.5. The summed E-state index contributed by atoms with van der Waals surface area (Å²) in [6, 6.07) is 4.33. The number of benzene rings is 1. The number of halogens is 1. The molecule has 0 radical (unpaired) electrons. The maximum Gasteiger partial charge on any atom is 0.0587 e. The summed E-state index contributed by atoms with van der Waals surface area (Å²) in [6.07, 6.45) is 3.37.